The maximum absolute atomic E-state index is 11.6. The molecule has 184 valence electrons. The maximum atomic E-state index is 11.6. The Morgan fingerprint density at radius 1 is 0.848 bits per heavy atom. The molecule has 4 nitrogen and oxygen atoms in total. The van der Waals surface area contributed by atoms with E-state index < -0.39 is 34.9 Å². The molecule has 1 N–H and O–H groups in total. The van der Waals surface area contributed by atoms with Crippen LogP contribution in [0.25, 0.3) is 10.8 Å². The van der Waals surface area contributed by atoms with E-state index in [1.807, 2.05) is 18.2 Å². The van der Waals surface area contributed by atoms with Crippen LogP contribution < -0.4 is 0 Å². The Labute approximate surface area is 202 Å². The Balaban J connectivity index is 1.95. The minimum absolute atomic E-state index is 0.0368. The second-order valence-corrected chi connectivity index (χ2v) is 22.1. The molecular formula is C27H44O4Si2. The van der Waals surface area contributed by atoms with Gasteiger partial charge >= 0.3 is 0 Å². The standard InChI is InChI=1S/C27H44O4Si2/c1-26(2,3)32(7,8)29-18-22-25(31-33(9,10)27(4,5)6)23(28)24(30-22)21-17-13-15-19-14-11-12-16-20(19)21/h11-17,22-25,28H,18H2,1-10H3/t22-,23-,24+,25-/m1/s1. The molecule has 0 radical (unpaired) electrons. The molecule has 1 fully saturated rings. The predicted octanol–water partition coefficient (Wildman–Crippen LogP) is 7.05. The van der Waals surface area contributed by atoms with Crippen molar-refractivity contribution in [2.24, 2.45) is 0 Å². The van der Waals surface area contributed by atoms with Gasteiger partial charge in [0.15, 0.2) is 16.6 Å². The van der Waals surface area contributed by atoms with Crippen LogP contribution >= 0.6 is 0 Å². The van der Waals surface area contributed by atoms with Gasteiger partial charge in [-0.25, -0.2) is 0 Å². The Morgan fingerprint density at radius 3 is 2.03 bits per heavy atom. The van der Waals surface area contributed by atoms with Crippen molar-refractivity contribution in [3.63, 3.8) is 0 Å². The predicted molar refractivity (Wildman–Crippen MR) is 143 cm³/mol. The maximum Gasteiger partial charge on any atom is 0.192 e. The minimum Gasteiger partial charge on any atom is -0.414 e. The molecule has 1 heterocycles. The SMILES string of the molecule is CC(C)(C)[Si](C)(C)OC[C@H]1O[C@@H](c2cccc3ccccc23)[C@@H](O)[C@@H]1O[Si](C)(C)C(C)(C)C. The van der Waals surface area contributed by atoms with Crippen LogP contribution in [0.4, 0.5) is 0 Å². The van der Waals surface area contributed by atoms with Crippen molar-refractivity contribution < 1.29 is 18.7 Å². The van der Waals surface area contributed by atoms with Gasteiger partial charge in [0.2, 0.25) is 0 Å². The monoisotopic (exact) mass is 488 g/mol. The summed E-state index contributed by atoms with van der Waals surface area (Å²) in [7, 11) is -4.10. The fourth-order valence-electron chi connectivity index (χ4n) is 3.80. The summed E-state index contributed by atoms with van der Waals surface area (Å²) in [5.74, 6) is 0. The second kappa shape index (κ2) is 9.21. The summed E-state index contributed by atoms with van der Waals surface area (Å²) in [5.41, 5.74) is 1.01. The third kappa shape index (κ3) is 5.47. The molecule has 33 heavy (non-hydrogen) atoms. The molecule has 2 aromatic carbocycles. The first-order chi connectivity index (χ1) is 15.1. The molecule has 0 spiro atoms. The van der Waals surface area contributed by atoms with E-state index in [0.717, 1.165) is 16.3 Å². The summed E-state index contributed by atoms with van der Waals surface area (Å²) in [6.45, 7) is 22.8. The molecule has 0 aliphatic carbocycles. The molecule has 2 aromatic rings. The van der Waals surface area contributed by atoms with E-state index in [9.17, 15) is 5.11 Å². The van der Waals surface area contributed by atoms with E-state index in [1.54, 1.807) is 0 Å². The minimum atomic E-state index is -2.13. The zero-order chi connectivity index (χ0) is 24.8. The third-order valence-electron chi connectivity index (χ3n) is 8.12. The van der Waals surface area contributed by atoms with Crippen molar-refractivity contribution in [1.29, 1.82) is 0 Å². The van der Waals surface area contributed by atoms with Crippen molar-refractivity contribution in [1.82, 2.24) is 0 Å². The van der Waals surface area contributed by atoms with Crippen LogP contribution in [-0.4, -0.2) is 46.7 Å². The zero-order valence-corrected chi connectivity index (χ0v) is 24.2. The van der Waals surface area contributed by atoms with Gasteiger partial charge in [-0.2, -0.15) is 0 Å². The fraction of sp³-hybridized carbons (Fsp3) is 0.630. The molecule has 0 unspecified atom stereocenters. The Morgan fingerprint density at radius 2 is 1.42 bits per heavy atom. The van der Waals surface area contributed by atoms with Crippen molar-refractivity contribution >= 4 is 27.4 Å². The summed E-state index contributed by atoms with van der Waals surface area (Å²) < 4.78 is 20.0. The van der Waals surface area contributed by atoms with Gasteiger partial charge in [-0.15, -0.1) is 0 Å². The summed E-state index contributed by atoms with van der Waals surface area (Å²) in [4.78, 5) is 0. The Kier molecular flexibility index (Phi) is 7.42. The molecule has 0 amide bonds. The van der Waals surface area contributed by atoms with E-state index in [1.165, 1.54) is 0 Å². The molecule has 4 atom stereocenters. The quantitative estimate of drug-likeness (QED) is 0.442. The number of ether oxygens (including phenoxy) is 1. The molecule has 6 heteroatoms. The summed E-state index contributed by atoms with van der Waals surface area (Å²) in [5, 5.41) is 14.0. The van der Waals surface area contributed by atoms with Crippen molar-refractivity contribution in [2.75, 3.05) is 6.61 Å². The first-order valence-electron chi connectivity index (χ1n) is 12.2. The average molecular weight is 489 g/mol. The smallest absolute Gasteiger partial charge is 0.192 e. The Bertz CT molecular complexity index is 953. The fourth-order valence-corrected chi connectivity index (χ4v) is 6.14. The molecule has 1 aliphatic rings. The number of hydrogen-bond donors (Lipinski definition) is 1. The first kappa shape index (κ1) is 26.6. The zero-order valence-electron chi connectivity index (χ0n) is 22.2. The van der Waals surface area contributed by atoms with Gasteiger partial charge in [0.05, 0.1) is 6.61 Å². The molecule has 1 aliphatic heterocycles. The van der Waals surface area contributed by atoms with E-state index in [0.29, 0.717) is 6.61 Å². The van der Waals surface area contributed by atoms with Gasteiger partial charge in [-0.1, -0.05) is 84.0 Å². The van der Waals surface area contributed by atoms with Crippen LogP contribution in [0.1, 0.15) is 53.2 Å². The number of benzene rings is 2. The highest BCUT2D eigenvalue weighted by molar-refractivity contribution is 6.74. The lowest BCUT2D eigenvalue weighted by Crippen LogP contribution is -2.51. The highest BCUT2D eigenvalue weighted by Gasteiger charge is 2.51. The van der Waals surface area contributed by atoms with E-state index >= 15 is 0 Å². The normalized spacial score (nSPS) is 25.1. The van der Waals surface area contributed by atoms with Crippen LogP contribution in [0.15, 0.2) is 42.5 Å². The van der Waals surface area contributed by atoms with E-state index in [2.05, 4.69) is 92.0 Å². The van der Waals surface area contributed by atoms with Gasteiger partial charge < -0.3 is 18.7 Å². The van der Waals surface area contributed by atoms with Crippen molar-refractivity contribution in [2.45, 2.75) is 102 Å². The van der Waals surface area contributed by atoms with Crippen molar-refractivity contribution in [3.05, 3.63) is 48.0 Å². The van der Waals surface area contributed by atoms with Crippen LogP contribution in [0, 0.1) is 0 Å². The average Bonchev–Trinajstić information content (AvgIpc) is 2.99. The molecule has 0 aromatic heterocycles. The van der Waals surface area contributed by atoms with E-state index in [4.69, 9.17) is 13.6 Å². The summed E-state index contributed by atoms with van der Waals surface area (Å²) >= 11 is 0. The van der Waals surface area contributed by atoms with Crippen molar-refractivity contribution in [3.8, 4) is 0 Å². The van der Waals surface area contributed by atoms with Gasteiger partial charge in [-0.3, -0.25) is 0 Å². The van der Waals surface area contributed by atoms with Gasteiger partial charge in [0.1, 0.15) is 24.4 Å². The molecule has 0 bridgehead atoms. The number of hydrogen-bond acceptors (Lipinski definition) is 4. The number of rotatable bonds is 6. The van der Waals surface area contributed by atoms with Crippen LogP contribution in [0.3, 0.4) is 0 Å². The lowest BCUT2D eigenvalue weighted by Gasteiger charge is -2.41. The molecular weight excluding hydrogens is 444 g/mol. The summed E-state index contributed by atoms with van der Waals surface area (Å²) in [6.07, 6.45) is -1.93. The van der Waals surface area contributed by atoms with Gasteiger partial charge in [0, 0.05) is 0 Å². The Hall–Kier alpha value is -1.03. The summed E-state index contributed by atoms with van der Waals surface area (Å²) in [6, 6.07) is 14.5. The number of fused-ring (bicyclic) bond motifs is 1. The largest absolute Gasteiger partial charge is 0.414 e. The highest BCUT2D eigenvalue weighted by Crippen LogP contribution is 2.44. The van der Waals surface area contributed by atoms with E-state index in [-0.39, 0.29) is 16.2 Å². The second-order valence-electron chi connectivity index (χ2n) is 12.6. The van der Waals surface area contributed by atoms with Crippen LogP contribution in [-0.2, 0) is 13.6 Å². The lowest BCUT2D eigenvalue weighted by atomic mass is 9.96. The number of aliphatic hydroxyl groups is 1. The highest BCUT2D eigenvalue weighted by atomic mass is 28.4. The lowest BCUT2D eigenvalue weighted by molar-refractivity contribution is -0.0170. The molecule has 3 rings (SSSR count). The van der Waals surface area contributed by atoms with Gasteiger partial charge in [0.25, 0.3) is 0 Å². The number of aliphatic hydroxyl groups excluding tert-OH is 1. The third-order valence-corrected chi connectivity index (χ3v) is 17.1. The topological polar surface area (TPSA) is 47.9 Å². The van der Waals surface area contributed by atoms with Crippen LogP contribution in [0.2, 0.25) is 36.3 Å². The molecule has 0 saturated carbocycles. The molecule has 1 saturated heterocycles. The first-order valence-corrected chi connectivity index (χ1v) is 18.0. The van der Waals surface area contributed by atoms with Gasteiger partial charge in [-0.05, 0) is 52.6 Å². The van der Waals surface area contributed by atoms with Crippen LogP contribution in [0.5, 0.6) is 0 Å².